The van der Waals surface area contributed by atoms with Crippen LogP contribution in [0.15, 0.2) is 12.3 Å². The molecule has 1 aromatic heterocycles. The maximum atomic E-state index is 5.86. The zero-order valence-corrected chi connectivity index (χ0v) is 9.23. The van der Waals surface area contributed by atoms with Crippen LogP contribution in [0.25, 0.3) is 0 Å². The van der Waals surface area contributed by atoms with Crippen molar-refractivity contribution in [3.63, 3.8) is 0 Å². The summed E-state index contributed by atoms with van der Waals surface area (Å²) in [5.74, 6) is 0.952. The number of morpholine rings is 1. The van der Waals surface area contributed by atoms with E-state index in [9.17, 15) is 0 Å². The van der Waals surface area contributed by atoms with Crippen molar-refractivity contribution in [1.29, 1.82) is 0 Å². The largest absolute Gasteiger partial charge is 0.398 e. The maximum absolute atomic E-state index is 5.86. The summed E-state index contributed by atoms with van der Waals surface area (Å²) in [6, 6.07) is 1.94. The molecular formula is C11H17N3O. The molecule has 82 valence electrons. The van der Waals surface area contributed by atoms with E-state index in [0.717, 1.165) is 36.8 Å². The number of pyridine rings is 1. The van der Waals surface area contributed by atoms with E-state index in [2.05, 4.69) is 16.8 Å². The van der Waals surface area contributed by atoms with Gasteiger partial charge in [-0.25, -0.2) is 4.98 Å². The monoisotopic (exact) mass is 207 g/mol. The minimum atomic E-state index is 0.267. The Balaban J connectivity index is 2.18. The summed E-state index contributed by atoms with van der Waals surface area (Å²) < 4.78 is 5.48. The van der Waals surface area contributed by atoms with Crippen LogP contribution in [0.2, 0.25) is 0 Å². The first-order chi connectivity index (χ1) is 7.16. The fourth-order valence-electron chi connectivity index (χ4n) is 1.73. The lowest BCUT2D eigenvalue weighted by Gasteiger charge is -2.32. The Bertz CT molecular complexity index is 354. The van der Waals surface area contributed by atoms with Crippen molar-refractivity contribution in [3.05, 3.63) is 17.8 Å². The van der Waals surface area contributed by atoms with Crippen molar-refractivity contribution in [2.45, 2.75) is 20.0 Å². The first-order valence-corrected chi connectivity index (χ1v) is 5.25. The van der Waals surface area contributed by atoms with Gasteiger partial charge in [-0.3, -0.25) is 0 Å². The normalized spacial score (nSPS) is 21.7. The average molecular weight is 207 g/mol. The van der Waals surface area contributed by atoms with E-state index in [4.69, 9.17) is 10.5 Å². The highest BCUT2D eigenvalue weighted by atomic mass is 16.5. The molecule has 0 bridgehead atoms. The Hall–Kier alpha value is -1.29. The lowest BCUT2D eigenvalue weighted by molar-refractivity contribution is 0.0529. The van der Waals surface area contributed by atoms with Crippen LogP contribution in [0.3, 0.4) is 0 Å². The van der Waals surface area contributed by atoms with E-state index in [1.807, 2.05) is 19.2 Å². The van der Waals surface area contributed by atoms with Crippen molar-refractivity contribution < 1.29 is 4.74 Å². The van der Waals surface area contributed by atoms with Crippen molar-refractivity contribution in [2.24, 2.45) is 0 Å². The molecule has 2 heterocycles. The second kappa shape index (κ2) is 4.06. The summed E-state index contributed by atoms with van der Waals surface area (Å²) in [7, 11) is 0. The third-order valence-electron chi connectivity index (χ3n) is 2.70. The minimum Gasteiger partial charge on any atom is -0.398 e. The zero-order chi connectivity index (χ0) is 10.8. The van der Waals surface area contributed by atoms with Crippen molar-refractivity contribution in [1.82, 2.24) is 4.98 Å². The van der Waals surface area contributed by atoms with Gasteiger partial charge in [0.1, 0.15) is 5.82 Å². The summed E-state index contributed by atoms with van der Waals surface area (Å²) in [5, 5.41) is 0. The summed E-state index contributed by atoms with van der Waals surface area (Å²) in [5.41, 5.74) is 7.70. The standard InChI is InChI=1S/C11H17N3O/c1-8-6-13-11(5-10(8)12)14-3-4-15-9(2)7-14/h5-6,9H,3-4,7H2,1-2H3,(H2,12,13). The molecule has 0 aliphatic carbocycles. The third kappa shape index (κ3) is 2.21. The van der Waals surface area contributed by atoms with Gasteiger partial charge >= 0.3 is 0 Å². The summed E-state index contributed by atoms with van der Waals surface area (Å²) >= 11 is 0. The van der Waals surface area contributed by atoms with Gasteiger partial charge in [0.05, 0.1) is 12.7 Å². The van der Waals surface area contributed by atoms with E-state index in [1.54, 1.807) is 0 Å². The highest BCUT2D eigenvalue weighted by molar-refractivity contribution is 5.54. The topological polar surface area (TPSA) is 51.4 Å². The van der Waals surface area contributed by atoms with E-state index < -0.39 is 0 Å². The molecule has 2 rings (SSSR count). The molecule has 0 amide bonds. The number of anilines is 2. The van der Waals surface area contributed by atoms with Crippen molar-refractivity contribution in [2.75, 3.05) is 30.3 Å². The van der Waals surface area contributed by atoms with Crippen molar-refractivity contribution >= 4 is 11.5 Å². The first-order valence-electron chi connectivity index (χ1n) is 5.25. The predicted molar refractivity (Wildman–Crippen MR) is 61.0 cm³/mol. The predicted octanol–water partition coefficient (Wildman–Crippen LogP) is 1.20. The molecule has 4 nitrogen and oxygen atoms in total. The van der Waals surface area contributed by atoms with Gasteiger partial charge in [-0.05, 0) is 19.4 Å². The molecule has 1 saturated heterocycles. The highest BCUT2D eigenvalue weighted by Gasteiger charge is 2.17. The number of nitrogen functional groups attached to an aromatic ring is 1. The average Bonchev–Trinajstić information content (AvgIpc) is 2.22. The Morgan fingerprint density at radius 3 is 3.07 bits per heavy atom. The summed E-state index contributed by atoms with van der Waals surface area (Å²) in [4.78, 5) is 6.60. The Morgan fingerprint density at radius 1 is 1.60 bits per heavy atom. The van der Waals surface area contributed by atoms with Crippen LogP contribution >= 0.6 is 0 Å². The Kier molecular flexibility index (Phi) is 2.77. The van der Waals surface area contributed by atoms with Crippen LogP contribution in [-0.4, -0.2) is 30.8 Å². The van der Waals surface area contributed by atoms with Gasteiger partial charge in [-0.2, -0.15) is 0 Å². The number of nitrogens with two attached hydrogens (primary N) is 1. The zero-order valence-electron chi connectivity index (χ0n) is 9.23. The molecule has 0 saturated carbocycles. The smallest absolute Gasteiger partial charge is 0.130 e. The molecule has 1 atom stereocenters. The van der Waals surface area contributed by atoms with Crippen LogP contribution in [0.4, 0.5) is 11.5 Å². The van der Waals surface area contributed by atoms with E-state index in [0.29, 0.717) is 0 Å². The SMILES string of the molecule is Cc1cnc(N2CCOC(C)C2)cc1N. The summed E-state index contributed by atoms with van der Waals surface area (Å²) in [6.07, 6.45) is 2.09. The number of aromatic nitrogens is 1. The quantitative estimate of drug-likeness (QED) is 0.751. The van der Waals surface area contributed by atoms with Gasteiger partial charge in [0, 0.05) is 31.0 Å². The fourth-order valence-corrected chi connectivity index (χ4v) is 1.73. The second-order valence-corrected chi connectivity index (χ2v) is 4.03. The molecule has 2 N–H and O–H groups in total. The number of rotatable bonds is 1. The molecule has 0 aromatic carbocycles. The van der Waals surface area contributed by atoms with Crippen LogP contribution in [0, 0.1) is 6.92 Å². The van der Waals surface area contributed by atoms with Crippen LogP contribution in [0.5, 0.6) is 0 Å². The van der Waals surface area contributed by atoms with E-state index >= 15 is 0 Å². The van der Waals surface area contributed by atoms with Gasteiger partial charge in [0.15, 0.2) is 0 Å². The molecule has 1 unspecified atom stereocenters. The molecular weight excluding hydrogens is 190 g/mol. The van der Waals surface area contributed by atoms with Gasteiger partial charge in [-0.15, -0.1) is 0 Å². The second-order valence-electron chi connectivity index (χ2n) is 4.03. The molecule has 4 heteroatoms. The van der Waals surface area contributed by atoms with E-state index in [-0.39, 0.29) is 6.10 Å². The molecule has 0 spiro atoms. The molecule has 1 aliphatic heterocycles. The Labute approximate surface area is 90.0 Å². The number of hydrogen-bond acceptors (Lipinski definition) is 4. The van der Waals surface area contributed by atoms with Crippen LogP contribution in [-0.2, 0) is 4.74 Å². The van der Waals surface area contributed by atoms with Crippen LogP contribution < -0.4 is 10.6 Å². The molecule has 15 heavy (non-hydrogen) atoms. The summed E-state index contributed by atoms with van der Waals surface area (Å²) in [6.45, 7) is 6.57. The fraction of sp³-hybridized carbons (Fsp3) is 0.545. The van der Waals surface area contributed by atoms with Crippen LogP contribution in [0.1, 0.15) is 12.5 Å². The number of nitrogens with zero attached hydrogens (tertiary/aromatic N) is 2. The minimum absolute atomic E-state index is 0.267. The van der Waals surface area contributed by atoms with E-state index in [1.165, 1.54) is 0 Å². The third-order valence-corrected chi connectivity index (χ3v) is 2.70. The molecule has 1 aromatic rings. The molecule has 1 fully saturated rings. The number of hydrogen-bond donors (Lipinski definition) is 1. The van der Waals surface area contributed by atoms with Gasteiger partial charge in [0.2, 0.25) is 0 Å². The van der Waals surface area contributed by atoms with Gasteiger partial charge in [-0.1, -0.05) is 0 Å². The highest BCUT2D eigenvalue weighted by Crippen LogP contribution is 2.19. The van der Waals surface area contributed by atoms with Gasteiger partial charge in [0.25, 0.3) is 0 Å². The molecule has 1 aliphatic rings. The number of aryl methyl sites for hydroxylation is 1. The van der Waals surface area contributed by atoms with Gasteiger partial charge < -0.3 is 15.4 Å². The molecule has 0 radical (unpaired) electrons. The number of ether oxygens (including phenoxy) is 1. The Morgan fingerprint density at radius 2 is 2.40 bits per heavy atom. The lowest BCUT2D eigenvalue weighted by Crippen LogP contribution is -2.41. The first kappa shape index (κ1) is 10.2. The maximum Gasteiger partial charge on any atom is 0.130 e. The van der Waals surface area contributed by atoms with Crippen molar-refractivity contribution in [3.8, 4) is 0 Å². The lowest BCUT2D eigenvalue weighted by atomic mass is 10.2.